The number of esters is 1. The molecule has 1 heterocycles. The van der Waals surface area contributed by atoms with Gasteiger partial charge in [0, 0.05) is 22.9 Å². The average Bonchev–Trinajstić information content (AvgIpc) is 3.21. The first kappa shape index (κ1) is 20.8. The molecule has 3 rings (SSSR count). The van der Waals surface area contributed by atoms with Gasteiger partial charge in [-0.1, -0.05) is 58.4 Å². The van der Waals surface area contributed by atoms with Gasteiger partial charge in [-0.2, -0.15) is 0 Å². The van der Waals surface area contributed by atoms with E-state index in [-0.39, 0.29) is 18.7 Å². The predicted octanol–water partition coefficient (Wildman–Crippen LogP) is 4.46. The molecule has 0 bridgehead atoms. The number of aryl methyl sites for hydroxylation is 1. The summed E-state index contributed by atoms with van der Waals surface area (Å²) in [7, 11) is 1.33. The second-order valence-corrected chi connectivity index (χ2v) is 7.36. The fourth-order valence-electron chi connectivity index (χ4n) is 2.87. The molecular formula is C22H21BrN2O4. The first-order valence-electron chi connectivity index (χ1n) is 9.17. The SMILES string of the molecule is COC(=O)CC(NC(=O)CCc1ncc(-c2ccccc2)o1)c1cccc(Br)c1. The second kappa shape index (κ2) is 10.0. The van der Waals surface area contributed by atoms with Gasteiger partial charge >= 0.3 is 5.97 Å². The summed E-state index contributed by atoms with van der Waals surface area (Å²) < 4.78 is 11.4. The number of carbonyl (C=O) groups is 2. The zero-order valence-electron chi connectivity index (χ0n) is 15.9. The Morgan fingerprint density at radius 2 is 1.97 bits per heavy atom. The highest BCUT2D eigenvalue weighted by Crippen LogP contribution is 2.23. The highest BCUT2D eigenvalue weighted by Gasteiger charge is 2.19. The molecule has 0 fully saturated rings. The second-order valence-electron chi connectivity index (χ2n) is 6.44. The van der Waals surface area contributed by atoms with Gasteiger partial charge in [0.15, 0.2) is 11.7 Å². The quantitative estimate of drug-likeness (QED) is 0.506. The number of aromatic nitrogens is 1. The van der Waals surface area contributed by atoms with Crippen LogP contribution in [-0.4, -0.2) is 24.0 Å². The number of benzene rings is 2. The van der Waals surface area contributed by atoms with Gasteiger partial charge in [0.05, 0.1) is 25.8 Å². The highest BCUT2D eigenvalue weighted by molar-refractivity contribution is 9.10. The van der Waals surface area contributed by atoms with E-state index in [9.17, 15) is 9.59 Å². The van der Waals surface area contributed by atoms with Crippen molar-refractivity contribution in [1.82, 2.24) is 10.3 Å². The average molecular weight is 457 g/mol. The van der Waals surface area contributed by atoms with E-state index in [1.54, 1.807) is 6.20 Å². The number of amides is 1. The van der Waals surface area contributed by atoms with Crippen LogP contribution in [0.5, 0.6) is 0 Å². The Kier molecular flexibility index (Phi) is 7.19. The molecule has 1 N–H and O–H groups in total. The third-order valence-corrected chi connectivity index (χ3v) is 4.86. The molecule has 1 unspecified atom stereocenters. The van der Waals surface area contributed by atoms with E-state index in [1.165, 1.54) is 7.11 Å². The summed E-state index contributed by atoms with van der Waals surface area (Å²) in [5.74, 6) is 0.568. The Labute approximate surface area is 177 Å². The summed E-state index contributed by atoms with van der Waals surface area (Å²) in [5, 5.41) is 2.90. The number of nitrogens with one attached hydrogen (secondary N) is 1. The number of methoxy groups -OCH3 is 1. The van der Waals surface area contributed by atoms with Crippen molar-refractivity contribution in [2.24, 2.45) is 0 Å². The smallest absolute Gasteiger partial charge is 0.307 e. The van der Waals surface area contributed by atoms with Crippen molar-refractivity contribution in [2.45, 2.75) is 25.3 Å². The first-order valence-corrected chi connectivity index (χ1v) is 9.96. The fraction of sp³-hybridized carbons (Fsp3) is 0.227. The minimum atomic E-state index is -0.475. The number of carbonyl (C=O) groups excluding carboxylic acids is 2. The highest BCUT2D eigenvalue weighted by atomic mass is 79.9. The van der Waals surface area contributed by atoms with Crippen molar-refractivity contribution >= 4 is 27.8 Å². The molecule has 1 atom stereocenters. The zero-order chi connectivity index (χ0) is 20.6. The molecule has 0 saturated carbocycles. The number of rotatable bonds is 8. The van der Waals surface area contributed by atoms with Crippen LogP contribution in [0.4, 0.5) is 0 Å². The normalized spacial score (nSPS) is 11.7. The number of oxazole rings is 1. The van der Waals surface area contributed by atoms with Crippen molar-refractivity contribution in [3.05, 3.63) is 76.7 Å². The van der Waals surface area contributed by atoms with Gasteiger partial charge in [0.2, 0.25) is 5.91 Å². The lowest BCUT2D eigenvalue weighted by atomic mass is 10.0. The molecule has 0 aliphatic carbocycles. The summed E-state index contributed by atoms with van der Waals surface area (Å²) in [6, 6.07) is 16.6. The third kappa shape index (κ3) is 6.02. The van der Waals surface area contributed by atoms with E-state index in [4.69, 9.17) is 9.15 Å². The number of nitrogens with zero attached hydrogens (tertiary/aromatic N) is 1. The summed E-state index contributed by atoms with van der Waals surface area (Å²) in [5.41, 5.74) is 1.75. The summed E-state index contributed by atoms with van der Waals surface area (Å²) in [6.07, 6.45) is 2.27. The molecule has 0 aliphatic rings. The Morgan fingerprint density at radius 1 is 1.17 bits per heavy atom. The maximum atomic E-state index is 12.5. The predicted molar refractivity (Wildman–Crippen MR) is 112 cm³/mol. The molecule has 1 amide bonds. The first-order chi connectivity index (χ1) is 14.0. The lowest BCUT2D eigenvalue weighted by Crippen LogP contribution is -2.30. The van der Waals surface area contributed by atoms with E-state index in [2.05, 4.69) is 26.2 Å². The van der Waals surface area contributed by atoms with Crippen LogP contribution in [0.15, 0.2) is 69.7 Å². The molecule has 150 valence electrons. The summed E-state index contributed by atoms with van der Waals surface area (Å²) in [6.45, 7) is 0. The van der Waals surface area contributed by atoms with Crippen molar-refractivity contribution in [3.63, 3.8) is 0 Å². The molecular weight excluding hydrogens is 436 g/mol. The Balaban J connectivity index is 1.61. The van der Waals surface area contributed by atoms with E-state index < -0.39 is 12.0 Å². The standard InChI is InChI=1S/C22H21BrN2O4/c1-28-22(27)13-18(16-8-5-9-17(23)12-16)25-20(26)10-11-21-24-14-19(29-21)15-6-3-2-4-7-15/h2-9,12,14,18H,10-11,13H2,1H3,(H,25,26). The van der Waals surface area contributed by atoms with Crippen molar-refractivity contribution in [1.29, 1.82) is 0 Å². The van der Waals surface area contributed by atoms with Crippen molar-refractivity contribution < 1.29 is 18.7 Å². The van der Waals surface area contributed by atoms with Crippen LogP contribution in [0, 0.1) is 0 Å². The van der Waals surface area contributed by atoms with Gasteiger partial charge in [-0.15, -0.1) is 0 Å². The van der Waals surface area contributed by atoms with E-state index in [0.717, 1.165) is 15.6 Å². The minimum absolute atomic E-state index is 0.0514. The number of hydrogen-bond donors (Lipinski definition) is 1. The molecule has 1 aromatic heterocycles. The van der Waals surface area contributed by atoms with Crippen molar-refractivity contribution in [2.75, 3.05) is 7.11 Å². The molecule has 0 spiro atoms. The van der Waals surface area contributed by atoms with Crippen LogP contribution in [0.2, 0.25) is 0 Å². The lowest BCUT2D eigenvalue weighted by Gasteiger charge is -2.18. The molecule has 0 saturated heterocycles. The Hall–Kier alpha value is -2.93. The maximum Gasteiger partial charge on any atom is 0.307 e. The molecule has 7 heteroatoms. The van der Waals surface area contributed by atoms with E-state index in [0.29, 0.717) is 18.1 Å². The molecule has 29 heavy (non-hydrogen) atoms. The van der Waals surface area contributed by atoms with Crippen molar-refractivity contribution in [3.8, 4) is 11.3 Å². The lowest BCUT2D eigenvalue weighted by molar-refractivity contribution is -0.141. The van der Waals surface area contributed by atoms with Gasteiger partial charge in [-0.05, 0) is 17.7 Å². The van der Waals surface area contributed by atoms with Gasteiger partial charge in [0.1, 0.15) is 0 Å². The van der Waals surface area contributed by atoms with Gasteiger partial charge in [-0.25, -0.2) is 4.98 Å². The molecule has 6 nitrogen and oxygen atoms in total. The van der Waals surface area contributed by atoms with Crippen LogP contribution in [0.25, 0.3) is 11.3 Å². The van der Waals surface area contributed by atoms with Gasteiger partial charge in [-0.3, -0.25) is 9.59 Å². The molecule has 0 radical (unpaired) electrons. The number of hydrogen-bond acceptors (Lipinski definition) is 5. The molecule has 3 aromatic rings. The minimum Gasteiger partial charge on any atom is -0.469 e. The van der Waals surface area contributed by atoms with Crippen LogP contribution in [0.1, 0.15) is 30.3 Å². The zero-order valence-corrected chi connectivity index (χ0v) is 17.5. The van der Waals surface area contributed by atoms with E-state index in [1.807, 2.05) is 54.6 Å². The largest absolute Gasteiger partial charge is 0.469 e. The monoisotopic (exact) mass is 456 g/mol. The van der Waals surface area contributed by atoms with E-state index >= 15 is 0 Å². The fourth-order valence-corrected chi connectivity index (χ4v) is 3.29. The van der Waals surface area contributed by atoms with Crippen LogP contribution < -0.4 is 5.32 Å². The number of ether oxygens (including phenoxy) is 1. The summed E-state index contributed by atoms with van der Waals surface area (Å²) in [4.78, 5) is 28.5. The summed E-state index contributed by atoms with van der Waals surface area (Å²) >= 11 is 3.41. The van der Waals surface area contributed by atoms with Crippen LogP contribution in [0.3, 0.4) is 0 Å². The Morgan fingerprint density at radius 3 is 2.69 bits per heavy atom. The maximum absolute atomic E-state index is 12.5. The topological polar surface area (TPSA) is 81.4 Å². The molecule has 2 aromatic carbocycles. The van der Waals surface area contributed by atoms with Gasteiger partial charge in [0.25, 0.3) is 0 Å². The third-order valence-electron chi connectivity index (χ3n) is 4.36. The van der Waals surface area contributed by atoms with Crippen LogP contribution in [-0.2, 0) is 20.7 Å². The van der Waals surface area contributed by atoms with Crippen LogP contribution >= 0.6 is 15.9 Å². The molecule has 0 aliphatic heterocycles. The number of halogens is 1. The Bertz CT molecular complexity index is 972. The van der Waals surface area contributed by atoms with Gasteiger partial charge < -0.3 is 14.5 Å².